The quantitative estimate of drug-likeness (QED) is 0.265. The van der Waals surface area contributed by atoms with Gasteiger partial charge in [0.05, 0.1) is 17.8 Å². The second kappa shape index (κ2) is 15.4. The Labute approximate surface area is 274 Å². The Morgan fingerprint density at radius 3 is 2.07 bits per heavy atom. The number of amides is 3. The highest BCUT2D eigenvalue weighted by molar-refractivity contribution is 7.89. The minimum absolute atomic E-state index is 0.136. The number of hydrogen-bond donors (Lipinski definition) is 3. The topological polar surface area (TPSA) is 125 Å². The van der Waals surface area contributed by atoms with E-state index < -0.39 is 50.6 Å². The largest absolute Gasteiger partial charge is 0.342 e. The summed E-state index contributed by atoms with van der Waals surface area (Å²) in [5.41, 5.74) is 0.320. The number of likely N-dealkylation sites (N-methyl/N-ethyl adjacent to an activating group) is 2. The van der Waals surface area contributed by atoms with E-state index in [2.05, 4.69) is 15.4 Å². The number of nitrogens with zero attached hydrogens (tertiary/aromatic N) is 1. The lowest BCUT2D eigenvalue weighted by Crippen LogP contribution is -2.61. The van der Waals surface area contributed by atoms with Gasteiger partial charge in [-0.2, -0.15) is 0 Å². The summed E-state index contributed by atoms with van der Waals surface area (Å²) in [5, 5.41) is 6.54. The van der Waals surface area contributed by atoms with Crippen molar-refractivity contribution in [1.29, 1.82) is 0 Å². The fraction of sp³-hybridized carbons (Fsp3) is 0.500. The smallest absolute Gasteiger partial charge is 0.260 e. The highest BCUT2D eigenvalue weighted by atomic mass is 35.5. The van der Waals surface area contributed by atoms with Crippen LogP contribution in [-0.2, 0) is 35.6 Å². The minimum Gasteiger partial charge on any atom is -0.342 e. The third kappa shape index (κ3) is 10.4. The van der Waals surface area contributed by atoms with E-state index >= 15 is 0 Å². The molecule has 2 aromatic rings. The van der Waals surface area contributed by atoms with Crippen LogP contribution in [0.2, 0.25) is 5.02 Å². The number of hydrogen-bond acceptors (Lipinski definition) is 6. The zero-order valence-electron chi connectivity index (χ0n) is 28.1. The highest BCUT2D eigenvalue weighted by Crippen LogP contribution is 2.29. The van der Waals surface area contributed by atoms with Crippen molar-refractivity contribution >= 4 is 39.3 Å². The number of benzene rings is 2. The van der Waals surface area contributed by atoms with Crippen molar-refractivity contribution in [2.24, 2.45) is 11.3 Å². The molecule has 0 radical (unpaired) electrons. The van der Waals surface area contributed by atoms with E-state index in [9.17, 15) is 22.8 Å². The molecule has 0 aliphatic rings. The van der Waals surface area contributed by atoms with Crippen molar-refractivity contribution in [2.75, 3.05) is 14.1 Å². The molecule has 9 nitrogen and oxygen atoms in total. The normalized spacial score (nSPS) is 14.8. The fourth-order valence-electron chi connectivity index (χ4n) is 5.27. The first kappa shape index (κ1) is 38.0. The first-order valence-corrected chi connectivity index (χ1v) is 17.0. The van der Waals surface area contributed by atoms with Crippen LogP contribution in [-0.4, -0.2) is 63.3 Å². The molecule has 248 valence electrons. The van der Waals surface area contributed by atoms with Crippen molar-refractivity contribution in [3.05, 3.63) is 82.4 Å². The lowest BCUT2D eigenvalue weighted by molar-refractivity contribution is -0.140. The van der Waals surface area contributed by atoms with Crippen LogP contribution in [0, 0.1) is 11.3 Å². The molecule has 0 saturated carbocycles. The summed E-state index contributed by atoms with van der Waals surface area (Å²) in [4.78, 5) is 42.3. The van der Waals surface area contributed by atoms with Crippen molar-refractivity contribution in [2.45, 2.75) is 84.7 Å². The summed E-state index contributed by atoms with van der Waals surface area (Å²) in [6.07, 6.45) is 1.59. The molecule has 11 heteroatoms. The van der Waals surface area contributed by atoms with Gasteiger partial charge in [0, 0.05) is 23.1 Å². The van der Waals surface area contributed by atoms with Gasteiger partial charge in [-0.15, -0.1) is 0 Å². The molecule has 0 fully saturated rings. The first-order chi connectivity index (χ1) is 20.7. The van der Waals surface area contributed by atoms with Gasteiger partial charge in [-0.3, -0.25) is 14.4 Å². The molecule has 2 rings (SSSR count). The number of sulfonamides is 1. The highest BCUT2D eigenvalue weighted by Gasteiger charge is 2.41. The standard InChI is InChI=1S/C34H49ClN4O5S/c1-22(2)27(19-23(3)30(40)38-45(43,44)21-24-15-14-18-26(35)20-24)39(10)32(42)29(33(4,5)6)37-31(41)28(36-9)34(7,8)25-16-12-11-13-17-25/h11-20,22,27-29,36H,21H2,1-10H3,(H,37,41)(H,38,40)/b23-19+. The Bertz CT molecular complexity index is 1480. The zero-order valence-corrected chi connectivity index (χ0v) is 29.6. The van der Waals surface area contributed by atoms with Gasteiger partial charge in [0.25, 0.3) is 5.91 Å². The van der Waals surface area contributed by atoms with Gasteiger partial charge in [-0.1, -0.05) is 109 Å². The molecule has 0 aliphatic carbocycles. The molecule has 2 aromatic carbocycles. The van der Waals surface area contributed by atoms with Crippen LogP contribution in [0.25, 0.3) is 0 Å². The number of carbonyl (C=O) groups is 3. The molecule has 0 aromatic heterocycles. The van der Waals surface area contributed by atoms with Crippen molar-refractivity contribution in [1.82, 2.24) is 20.3 Å². The summed E-state index contributed by atoms with van der Waals surface area (Å²) in [6, 6.07) is 14.0. The molecule has 45 heavy (non-hydrogen) atoms. The van der Waals surface area contributed by atoms with Gasteiger partial charge in [-0.25, -0.2) is 13.1 Å². The molecule has 0 saturated heterocycles. The number of nitrogens with one attached hydrogen (secondary N) is 3. The second-order valence-corrected chi connectivity index (χ2v) is 15.6. The summed E-state index contributed by atoms with van der Waals surface area (Å²) >= 11 is 5.97. The van der Waals surface area contributed by atoms with Gasteiger partial charge < -0.3 is 15.5 Å². The van der Waals surface area contributed by atoms with E-state index in [1.807, 2.05) is 78.8 Å². The van der Waals surface area contributed by atoms with Gasteiger partial charge in [0.15, 0.2) is 0 Å². The molecule has 3 N–H and O–H groups in total. The Kier molecular flexibility index (Phi) is 13.0. The number of halogens is 1. The van der Waals surface area contributed by atoms with Crippen LogP contribution in [0.4, 0.5) is 0 Å². The van der Waals surface area contributed by atoms with Crippen molar-refractivity contribution in [3.8, 4) is 0 Å². The molecular formula is C34H49ClN4O5S. The van der Waals surface area contributed by atoms with Crippen molar-refractivity contribution < 1.29 is 22.8 Å². The molecule has 0 spiro atoms. The SMILES string of the molecule is CNC(C(=O)NC(C(=O)N(C)C(/C=C(\C)C(=O)NS(=O)(=O)Cc1cccc(Cl)c1)C(C)C)C(C)(C)C)C(C)(C)c1ccccc1. The summed E-state index contributed by atoms with van der Waals surface area (Å²) < 4.78 is 27.5. The Morgan fingerprint density at radius 1 is 0.956 bits per heavy atom. The van der Waals surface area contributed by atoms with Gasteiger partial charge >= 0.3 is 0 Å². The van der Waals surface area contributed by atoms with Crippen LogP contribution in [0.3, 0.4) is 0 Å². The Hall–Kier alpha value is -3.21. The van der Waals surface area contributed by atoms with E-state index in [0.29, 0.717) is 10.6 Å². The summed E-state index contributed by atoms with van der Waals surface area (Å²) in [5.74, 6) is -1.99. The first-order valence-electron chi connectivity index (χ1n) is 15.0. The van der Waals surface area contributed by atoms with Gasteiger partial charge in [0.1, 0.15) is 6.04 Å². The van der Waals surface area contributed by atoms with E-state index in [4.69, 9.17) is 11.6 Å². The molecule has 3 unspecified atom stereocenters. The van der Waals surface area contributed by atoms with E-state index in [0.717, 1.165) is 5.56 Å². The third-order valence-electron chi connectivity index (χ3n) is 7.94. The van der Waals surface area contributed by atoms with E-state index in [1.54, 1.807) is 38.4 Å². The second-order valence-electron chi connectivity index (χ2n) is 13.5. The molecule has 0 heterocycles. The Balaban J connectivity index is 2.29. The van der Waals surface area contributed by atoms with Gasteiger partial charge in [0.2, 0.25) is 21.8 Å². The van der Waals surface area contributed by atoms with Crippen LogP contribution in [0.1, 0.15) is 66.5 Å². The molecular weight excluding hydrogens is 612 g/mol. The predicted octanol–water partition coefficient (Wildman–Crippen LogP) is 4.81. The maximum absolute atomic E-state index is 14.1. The van der Waals surface area contributed by atoms with Crippen LogP contribution in [0.15, 0.2) is 66.2 Å². The molecule has 0 bridgehead atoms. The van der Waals surface area contributed by atoms with Crippen molar-refractivity contribution in [3.63, 3.8) is 0 Å². The van der Waals surface area contributed by atoms with Crippen LogP contribution >= 0.6 is 11.6 Å². The zero-order chi connectivity index (χ0) is 34.3. The molecule has 3 atom stereocenters. The molecule has 3 amide bonds. The maximum atomic E-state index is 14.1. The Morgan fingerprint density at radius 2 is 1.56 bits per heavy atom. The number of rotatable bonds is 13. The van der Waals surface area contributed by atoms with Crippen LogP contribution < -0.4 is 15.4 Å². The third-order valence-corrected chi connectivity index (χ3v) is 9.39. The number of carbonyl (C=O) groups excluding carboxylic acids is 3. The van der Waals surface area contributed by atoms with E-state index in [1.165, 1.54) is 17.9 Å². The average molecular weight is 661 g/mol. The summed E-state index contributed by atoms with van der Waals surface area (Å²) in [7, 11) is -0.667. The minimum atomic E-state index is -4.01. The van der Waals surface area contributed by atoms with Gasteiger partial charge in [-0.05, 0) is 48.6 Å². The molecule has 0 aliphatic heterocycles. The monoisotopic (exact) mass is 660 g/mol. The van der Waals surface area contributed by atoms with E-state index in [-0.39, 0.29) is 23.3 Å². The fourth-order valence-corrected chi connectivity index (χ4v) is 6.61. The lowest BCUT2D eigenvalue weighted by atomic mass is 9.76. The lowest BCUT2D eigenvalue weighted by Gasteiger charge is -2.40. The average Bonchev–Trinajstić information content (AvgIpc) is 2.93. The summed E-state index contributed by atoms with van der Waals surface area (Å²) in [6.45, 7) is 14.9. The van der Waals surface area contributed by atoms with Crippen LogP contribution in [0.5, 0.6) is 0 Å². The maximum Gasteiger partial charge on any atom is 0.260 e. The predicted molar refractivity (Wildman–Crippen MR) is 181 cm³/mol.